The number of nitrogens with zero attached hydrogens (tertiary/aromatic N) is 1. The summed E-state index contributed by atoms with van der Waals surface area (Å²) in [7, 11) is 1.28. The first-order chi connectivity index (χ1) is 10.2. The first-order valence-corrected chi connectivity index (χ1v) is 7.20. The van der Waals surface area contributed by atoms with Gasteiger partial charge in [-0.3, -0.25) is 9.59 Å². The van der Waals surface area contributed by atoms with Crippen LogP contribution in [0.25, 0.3) is 0 Å². The number of methoxy groups -OCH3 is 1. The van der Waals surface area contributed by atoms with Gasteiger partial charge < -0.3 is 19.7 Å². The third-order valence-corrected chi connectivity index (χ3v) is 2.96. The zero-order valence-electron chi connectivity index (χ0n) is 13.5. The number of hydrogen-bond acceptors (Lipinski definition) is 5. The van der Waals surface area contributed by atoms with Crippen LogP contribution in [0.5, 0.6) is 0 Å². The molecule has 1 atom stereocenters. The molecule has 0 fully saturated rings. The van der Waals surface area contributed by atoms with Crippen molar-refractivity contribution in [3.05, 3.63) is 12.2 Å². The van der Waals surface area contributed by atoms with Gasteiger partial charge in [-0.15, -0.1) is 0 Å². The van der Waals surface area contributed by atoms with Crippen LogP contribution in [0.4, 0.5) is 4.79 Å². The largest absolute Gasteiger partial charge is 0.468 e. The molecule has 0 bridgehead atoms. The van der Waals surface area contributed by atoms with E-state index in [1.54, 1.807) is 26.8 Å². The van der Waals surface area contributed by atoms with Crippen LogP contribution in [0, 0.1) is 0 Å². The van der Waals surface area contributed by atoms with Gasteiger partial charge in [0.25, 0.3) is 0 Å². The van der Waals surface area contributed by atoms with Gasteiger partial charge in [0.1, 0.15) is 12.1 Å². The Morgan fingerprint density at radius 3 is 2.64 bits per heavy atom. The van der Waals surface area contributed by atoms with E-state index >= 15 is 0 Å². The molecule has 7 heteroatoms. The molecular weight excluding hydrogens is 288 g/mol. The number of ether oxygens (including phenoxy) is 2. The summed E-state index contributed by atoms with van der Waals surface area (Å²) in [5.41, 5.74) is -0.595. The molecule has 0 saturated heterocycles. The van der Waals surface area contributed by atoms with E-state index in [0.29, 0.717) is 13.0 Å². The van der Waals surface area contributed by atoms with E-state index < -0.39 is 17.7 Å². The van der Waals surface area contributed by atoms with Gasteiger partial charge in [0.15, 0.2) is 0 Å². The molecule has 0 aliphatic carbocycles. The summed E-state index contributed by atoms with van der Waals surface area (Å²) >= 11 is 0. The van der Waals surface area contributed by atoms with E-state index in [2.05, 4.69) is 10.1 Å². The number of hydrogen-bond donors (Lipinski definition) is 1. The lowest BCUT2D eigenvalue weighted by Crippen LogP contribution is -2.44. The number of carbonyl (C=O) groups excluding carboxylic acids is 3. The topological polar surface area (TPSA) is 84.9 Å². The van der Waals surface area contributed by atoms with E-state index in [9.17, 15) is 14.4 Å². The van der Waals surface area contributed by atoms with Gasteiger partial charge in [0, 0.05) is 19.0 Å². The Morgan fingerprint density at radius 1 is 1.36 bits per heavy atom. The fourth-order valence-electron chi connectivity index (χ4n) is 1.94. The van der Waals surface area contributed by atoms with Gasteiger partial charge in [0.2, 0.25) is 5.91 Å². The highest BCUT2D eigenvalue weighted by Gasteiger charge is 2.25. The Balaban J connectivity index is 2.63. The zero-order chi connectivity index (χ0) is 16.8. The molecule has 124 valence electrons. The van der Waals surface area contributed by atoms with Crippen LogP contribution in [-0.4, -0.2) is 54.7 Å². The van der Waals surface area contributed by atoms with Gasteiger partial charge in [-0.25, -0.2) is 4.79 Å². The van der Waals surface area contributed by atoms with Gasteiger partial charge in [-0.2, -0.15) is 0 Å². The molecule has 0 unspecified atom stereocenters. The van der Waals surface area contributed by atoms with Crippen molar-refractivity contribution in [2.24, 2.45) is 0 Å². The molecule has 1 N–H and O–H groups in total. The smallest absolute Gasteiger partial charge is 0.407 e. The minimum absolute atomic E-state index is 0.0984. The van der Waals surface area contributed by atoms with Gasteiger partial charge in [-0.05, 0) is 27.2 Å². The second kappa shape index (κ2) is 7.82. The Morgan fingerprint density at radius 2 is 2.05 bits per heavy atom. The average Bonchev–Trinajstić information content (AvgIpc) is 2.37. The van der Waals surface area contributed by atoms with Crippen molar-refractivity contribution in [1.29, 1.82) is 0 Å². The molecule has 0 aromatic carbocycles. The standard InChI is InChI=1S/C15H24N2O5/c1-15(2,3)22-14(20)16-11-7-5-6-8-17(12(18)9-11)10-13(19)21-4/h5-6,11H,7-10H2,1-4H3,(H,16,20)/b6-5-/t11-/m0/s1. The lowest BCUT2D eigenvalue weighted by atomic mass is 10.1. The summed E-state index contributed by atoms with van der Waals surface area (Å²) in [6, 6.07) is -0.362. The van der Waals surface area contributed by atoms with Crippen molar-refractivity contribution in [2.75, 3.05) is 20.2 Å². The highest BCUT2D eigenvalue weighted by Crippen LogP contribution is 2.11. The van der Waals surface area contributed by atoms with Crippen molar-refractivity contribution in [3.8, 4) is 0 Å². The number of nitrogens with one attached hydrogen (secondary N) is 1. The molecule has 2 amide bonds. The second-order valence-corrected chi connectivity index (χ2v) is 6.10. The molecular formula is C15H24N2O5. The van der Waals surface area contributed by atoms with E-state index in [-0.39, 0.29) is 24.9 Å². The molecule has 1 aliphatic heterocycles. The predicted molar refractivity (Wildman–Crippen MR) is 80.1 cm³/mol. The first-order valence-electron chi connectivity index (χ1n) is 7.20. The van der Waals surface area contributed by atoms with Crippen molar-refractivity contribution < 1.29 is 23.9 Å². The highest BCUT2D eigenvalue weighted by atomic mass is 16.6. The molecule has 0 radical (unpaired) electrons. The Kier molecular flexibility index (Phi) is 6.39. The van der Waals surface area contributed by atoms with Crippen LogP contribution in [-0.2, 0) is 19.1 Å². The molecule has 1 heterocycles. The molecule has 0 aromatic heterocycles. The number of rotatable bonds is 3. The SMILES string of the molecule is COC(=O)CN1C/C=C\C[C@H](NC(=O)OC(C)(C)C)CC1=O. The van der Waals surface area contributed by atoms with Gasteiger partial charge in [0.05, 0.1) is 7.11 Å². The van der Waals surface area contributed by atoms with Crippen LogP contribution in [0.15, 0.2) is 12.2 Å². The maximum Gasteiger partial charge on any atom is 0.407 e. The van der Waals surface area contributed by atoms with Crippen molar-refractivity contribution in [3.63, 3.8) is 0 Å². The number of amides is 2. The minimum atomic E-state index is -0.595. The third kappa shape index (κ3) is 6.60. The second-order valence-electron chi connectivity index (χ2n) is 6.10. The highest BCUT2D eigenvalue weighted by molar-refractivity contribution is 5.83. The fourth-order valence-corrected chi connectivity index (χ4v) is 1.94. The Bertz CT molecular complexity index is 453. The molecule has 0 aromatic rings. The molecule has 1 aliphatic rings. The van der Waals surface area contributed by atoms with Crippen LogP contribution in [0.2, 0.25) is 0 Å². The van der Waals surface area contributed by atoms with Crippen LogP contribution in [0.1, 0.15) is 33.6 Å². The zero-order valence-corrected chi connectivity index (χ0v) is 13.5. The van der Waals surface area contributed by atoms with E-state index in [1.165, 1.54) is 12.0 Å². The van der Waals surface area contributed by atoms with Crippen LogP contribution >= 0.6 is 0 Å². The quantitative estimate of drug-likeness (QED) is 0.626. The Labute approximate surface area is 130 Å². The van der Waals surface area contributed by atoms with Crippen molar-refractivity contribution >= 4 is 18.0 Å². The Hall–Kier alpha value is -2.05. The molecule has 1 rings (SSSR count). The van der Waals surface area contributed by atoms with E-state index in [0.717, 1.165) is 0 Å². The monoisotopic (exact) mass is 312 g/mol. The van der Waals surface area contributed by atoms with E-state index in [4.69, 9.17) is 4.74 Å². The third-order valence-electron chi connectivity index (χ3n) is 2.96. The number of esters is 1. The fraction of sp³-hybridized carbons (Fsp3) is 0.667. The lowest BCUT2D eigenvalue weighted by Gasteiger charge is -2.27. The summed E-state index contributed by atoms with van der Waals surface area (Å²) < 4.78 is 9.76. The average molecular weight is 312 g/mol. The molecule has 7 nitrogen and oxygen atoms in total. The maximum atomic E-state index is 12.2. The lowest BCUT2D eigenvalue weighted by molar-refractivity contribution is -0.146. The minimum Gasteiger partial charge on any atom is -0.468 e. The molecule has 22 heavy (non-hydrogen) atoms. The van der Waals surface area contributed by atoms with Crippen LogP contribution in [0.3, 0.4) is 0 Å². The van der Waals surface area contributed by atoms with E-state index in [1.807, 2.05) is 6.08 Å². The summed E-state index contributed by atoms with van der Waals surface area (Å²) in [4.78, 5) is 36.7. The number of alkyl carbamates (subject to hydrolysis) is 1. The summed E-state index contributed by atoms with van der Waals surface area (Å²) in [6.45, 7) is 5.57. The summed E-state index contributed by atoms with van der Waals surface area (Å²) in [6.07, 6.45) is 3.76. The maximum absolute atomic E-state index is 12.2. The molecule has 0 spiro atoms. The molecule has 0 saturated carbocycles. The van der Waals surface area contributed by atoms with Gasteiger partial charge in [-0.1, -0.05) is 12.2 Å². The normalized spacial score (nSPS) is 20.6. The van der Waals surface area contributed by atoms with Gasteiger partial charge >= 0.3 is 12.1 Å². The summed E-state index contributed by atoms with van der Waals surface area (Å²) in [5, 5.41) is 2.69. The first kappa shape index (κ1) is 18.0. The number of carbonyl (C=O) groups is 3. The summed E-state index contributed by atoms with van der Waals surface area (Å²) in [5.74, 6) is -0.685. The van der Waals surface area contributed by atoms with Crippen LogP contribution < -0.4 is 5.32 Å². The van der Waals surface area contributed by atoms with Crippen molar-refractivity contribution in [1.82, 2.24) is 10.2 Å². The predicted octanol–water partition coefficient (Wildman–Crippen LogP) is 1.23. The van der Waals surface area contributed by atoms with Crippen molar-refractivity contribution in [2.45, 2.75) is 45.3 Å².